The molecular formula is C14H26N4. The van der Waals surface area contributed by atoms with E-state index < -0.39 is 0 Å². The number of imidazole rings is 1. The van der Waals surface area contributed by atoms with Gasteiger partial charge in [0.05, 0.1) is 11.9 Å². The van der Waals surface area contributed by atoms with Gasteiger partial charge >= 0.3 is 0 Å². The maximum atomic E-state index is 4.43. The van der Waals surface area contributed by atoms with E-state index in [1.54, 1.807) is 0 Å². The summed E-state index contributed by atoms with van der Waals surface area (Å²) in [4.78, 5) is 6.48. The van der Waals surface area contributed by atoms with E-state index in [1.807, 2.05) is 25.2 Å². The lowest BCUT2D eigenvalue weighted by Crippen LogP contribution is -2.24. The molecule has 4 nitrogen and oxygen atoms in total. The van der Waals surface area contributed by atoms with Gasteiger partial charge in [-0.15, -0.1) is 0 Å². The fraction of sp³-hybridized carbons (Fsp3) is 0.786. The molecule has 102 valence electrons. The summed E-state index contributed by atoms with van der Waals surface area (Å²) in [6.45, 7) is 4.36. The smallest absolute Gasteiger partial charge is 0.204 e. The van der Waals surface area contributed by atoms with Crippen LogP contribution in [-0.2, 0) is 13.6 Å². The van der Waals surface area contributed by atoms with Crippen LogP contribution in [0.5, 0.6) is 0 Å². The van der Waals surface area contributed by atoms with Gasteiger partial charge in [-0.3, -0.25) is 0 Å². The van der Waals surface area contributed by atoms with Gasteiger partial charge in [-0.25, -0.2) is 4.98 Å². The molecule has 0 aromatic carbocycles. The Bertz CT molecular complexity index is 390. The number of nitrogens with zero attached hydrogens (tertiary/aromatic N) is 3. The van der Waals surface area contributed by atoms with Crippen molar-refractivity contribution in [3.8, 4) is 0 Å². The van der Waals surface area contributed by atoms with Crippen molar-refractivity contribution in [1.29, 1.82) is 0 Å². The van der Waals surface area contributed by atoms with Crippen LogP contribution in [0.1, 0.15) is 38.3 Å². The highest BCUT2D eigenvalue weighted by Gasteiger charge is 2.40. The Balaban J connectivity index is 1.84. The lowest BCUT2D eigenvalue weighted by Gasteiger charge is -2.16. The normalized spacial score (nSPS) is 16.9. The molecular weight excluding hydrogens is 224 g/mol. The SMILES string of the molecule is CCCC1(CNCc2cnc(N(C)C)n2C)CC1. The molecule has 2 rings (SSSR count). The van der Waals surface area contributed by atoms with Crippen molar-refractivity contribution in [3.63, 3.8) is 0 Å². The zero-order valence-electron chi connectivity index (χ0n) is 12.2. The molecule has 0 unspecified atom stereocenters. The third kappa shape index (κ3) is 2.86. The molecule has 1 aliphatic rings. The highest BCUT2D eigenvalue weighted by molar-refractivity contribution is 5.30. The summed E-state index contributed by atoms with van der Waals surface area (Å²) in [5, 5.41) is 3.60. The fourth-order valence-electron chi connectivity index (χ4n) is 2.69. The standard InChI is InChI=1S/C14H26N4/c1-5-6-14(7-8-14)11-15-9-12-10-16-13(17(2)3)18(12)4/h10,15H,5-9,11H2,1-4H3. The molecule has 1 saturated carbocycles. The Labute approximate surface area is 110 Å². The molecule has 18 heavy (non-hydrogen) atoms. The van der Waals surface area contributed by atoms with E-state index in [2.05, 4.69) is 28.8 Å². The minimum Gasteiger partial charge on any atom is -0.348 e. The van der Waals surface area contributed by atoms with Gasteiger partial charge in [0.15, 0.2) is 0 Å². The average Bonchev–Trinajstić information content (AvgIpc) is 2.97. The first kappa shape index (κ1) is 13.4. The zero-order valence-corrected chi connectivity index (χ0v) is 12.2. The molecule has 4 heteroatoms. The van der Waals surface area contributed by atoms with Crippen LogP contribution in [0, 0.1) is 5.41 Å². The lowest BCUT2D eigenvalue weighted by molar-refractivity contribution is 0.418. The maximum absolute atomic E-state index is 4.43. The van der Waals surface area contributed by atoms with E-state index in [1.165, 1.54) is 31.4 Å². The van der Waals surface area contributed by atoms with Crippen LogP contribution >= 0.6 is 0 Å². The van der Waals surface area contributed by atoms with Gasteiger partial charge in [-0.05, 0) is 24.7 Å². The van der Waals surface area contributed by atoms with Gasteiger partial charge < -0.3 is 14.8 Å². The van der Waals surface area contributed by atoms with Crippen LogP contribution in [0.15, 0.2) is 6.20 Å². The Kier molecular flexibility index (Phi) is 3.95. The van der Waals surface area contributed by atoms with Crippen LogP contribution in [0.3, 0.4) is 0 Å². The second-order valence-corrected chi connectivity index (χ2v) is 5.86. The number of hydrogen-bond donors (Lipinski definition) is 1. The van der Waals surface area contributed by atoms with E-state index in [9.17, 15) is 0 Å². The third-order valence-corrected chi connectivity index (χ3v) is 4.00. The van der Waals surface area contributed by atoms with Crippen LogP contribution in [0.2, 0.25) is 0 Å². The predicted octanol–water partition coefficient (Wildman–Crippen LogP) is 2.16. The summed E-state index contributed by atoms with van der Waals surface area (Å²) >= 11 is 0. The summed E-state index contributed by atoms with van der Waals surface area (Å²) in [5.41, 5.74) is 1.88. The summed E-state index contributed by atoms with van der Waals surface area (Å²) in [5.74, 6) is 1.02. The largest absolute Gasteiger partial charge is 0.348 e. The maximum Gasteiger partial charge on any atom is 0.204 e. The van der Waals surface area contributed by atoms with Gasteiger partial charge in [0.1, 0.15) is 0 Å². The second-order valence-electron chi connectivity index (χ2n) is 5.86. The van der Waals surface area contributed by atoms with Gasteiger partial charge in [-0.2, -0.15) is 0 Å². The highest BCUT2D eigenvalue weighted by Crippen LogP contribution is 2.48. The minimum atomic E-state index is 0.623. The molecule has 1 aromatic heterocycles. The second kappa shape index (κ2) is 5.31. The van der Waals surface area contributed by atoms with E-state index in [-0.39, 0.29) is 0 Å². The summed E-state index contributed by atoms with van der Waals surface area (Å²) in [6, 6.07) is 0. The first-order valence-corrected chi connectivity index (χ1v) is 6.96. The molecule has 0 saturated heterocycles. The Morgan fingerprint density at radius 3 is 2.67 bits per heavy atom. The number of anilines is 1. The molecule has 0 atom stereocenters. The minimum absolute atomic E-state index is 0.623. The van der Waals surface area contributed by atoms with Gasteiger partial charge in [0.25, 0.3) is 0 Å². The van der Waals surface area contributed by atoms with Crippen LogP contribution in [0.4, 0.5) is 5.95 Å². The molecule has 0 aliphatic heterocycles. The fourth-order valence-corrected chi connectivity index (χ4v) is 2.69. The highest BCUT2D eigenvalue weighted by atomic mass is 15.3. The van der Waals surface area contributed by atoms with Gasteiger partial charge in [-0.1, -0.05) is 13.3 Å². The van der Waals surface area contributed by atoms with Crippen molar-refractivity contribution in [2.24, 2.45) is 12.5 Å². The van der Waals surface area contributed by atoms with E-state index in [4.69, 9.17) is 0 Å². The third-order valence-electron chi connectivity index (χ3n) is 4.00. The van der Waals surface area contributed by atoms with Crippen molar-refractivity contribution >= 4 is 5.95 Å². The Morgan fingerprint density at radius 1 is 1.44 bits per heavy atom. The van der Waals surface area contributed by atoms with Gasteiger partial charge in [0, 0.05) is 34.2 Å². The molecule has 1 aromatic rings. The molecule has 0 amide bonds. The molecule has 1 heterocycles. The topological polar surface area (TPSA) is 33.1 Å². The summed E-state index contributed by atoms with van der Waals surface area (Å²) in [7, 11) is 6.14. The van der Waals surface area contributed by atoms with E-state index >= 15 is 0 Å². The Hall–Kier alpha value is -1.03. The Morgan fingerprint density at radius 2 is 2.17 bits per heavy atom. The van der Waals surface area contributed by atoms with Crippen molar-refractivity contribution in [1.82, 2.24) is 14.9 Å². The number of hydrogen-bond acceptors (Lipinski definition) is 3. The molecule has 1 aliphatic carbocycles. The molecule has 0 radical (unpaired) electrons. The lowest BCUT2D eigenvalue weighted by atomic mass is 10.0. The monoisotopic (exact) mass is 250 g/mol. The number of nitrogens with one attached hydrogen (secondary N) is 1. The van der Waals surface area contributed by atoms with Crippen molar-refractivity contribution in [3.05, 3.63) is 11.9 Å². The average molecular weight is 250 g/mol. The summed E-state index contributed by atoms with van der Waals surface area (Å²) < 4.78 is 2.16. The predicted molar refractivity (Wildman–Crippen MR) is 75.8 cm³/mol. The van der Waals surface area contributed by atoms with Crippen molar-refractivity contribution in [2.45, 2.75) is 39.2 Å². The first-order chi connectivity index (χ1) is 8.58. The van der Waals surface area contributed by atoms with Gasteiger partial charge in [0.2, 0.25) is 5.95 Å². The molecule has 0 bridgehead atoms. The number of aromatic nitrogens is 2. The van der Waals surface area contributed by atoms with Crippen molar-refractivity contribution < 1.29 is 0 Å². The van der Waals surface area contributed by atoms with E-state index in [0.717, 1.165) is 19.0 Å². The molecule has 0 spiro atoms. The first-order valence-electron chi connectivity index (χ1n) is 6.96. The quantitative estimate of drug-likeness (QED) is 0.805. The van der Waals surface area contributed by atoms with Crippen LogP contribution < -0.4 is 10.2 Å². The van der Waals surface area contributed by atoms with E-state index in [0.29, 0.717) is 5.41 Å². The number of rotatable bonds is 7. The molecule has 1 N–H and O–H groups in total. The van der Waals surface area contributed by atoms with Crippen LogP contribution in [0.25, 0.3) is 0 Å². The zero-order chi connectivity index (χ0) is 13.2. The van der Waals surface area contributed by atoms with Crippen molar-refractivity contribution in [2.75, 3.05) is 25.5 Å². The molecule has 1 fully saturated rings. The summed E-state index contributed by atoms with van der Waals surface area (Å²) in [6.07, 6.45) is 7.46. The van der Waals surface area contributed by atoms with Crippen LogP contribution in [-0.4, -0.2) is 30.2 Å².